The van der Waals surface area contributed by atoms with Crippen molar-refractivity contribution in [3.63, 3.8) is 0 Å². The molecular weight excluding hydrogens is 547 g/mol. The average Bonchev–Trinajstić information content (AvgIpc) is 3.34. The Labute approximate surface area is 249 Å². The van der Waals surface area contributed by atoms with Crippen molar-refractivity contribution >= 4 is 30.6 Å². The average molecular weight is 592 g/mol. The van der Waals surface area contributed by atoms with Crippen LogP contribution in [0.1, 0.15) is 78.7 Å². The highest BCUT2D eigenvalue weighted by atomic mass is 32.2. The fraction of sp³-hybridized carbons (Fsp3) is 0.469. The van der Waals surface area contributed by atoms with Crippen molar-refractivity contribution in [2.75, 3.05) is 0 Å². The molecule has 1 unspecified atom stereocenters. The molecule has 0 aliphatic rings. The van der Waals surface area contributed by atoms with Crippen LogP contribution in [0, 0.1) is 0 Å². The van der Waals surface area contributed by atoms with E-state index in [1.807, 2.05) is 68.0 Å². The number of rotatable bonds is 10. The Hall–Kier alpha value is -2.56. The topological polar surface area (TPSA) is 87.9 Å². The van der Waals surface area contributed by atoms with Crippen LogP contribution in [-0.4, -0.2) is 37.4 Å². The summed E-state index contributed by atoms with van der Waals surface area (Å²) >= 11 is -1.19. The molecule has 0 spiro atoms. The zero-order chi connectivity index (χ0) is 30.0. The van der Waals surface area contributed by atoms with Gasteiger partial charge in [-0.3, -0.25) is 4.98 Å². The van der Waals surface area contributed by atoms with E-state index in [9.17, 15) is 4.55 Å². The first-order chi connectivity index (χ1) is 19.2. The fourth-order valence-corrected chi connectivity index (χ4v) is 5.96. The Bertz CT molecular complexity index is 1470. The number of nitrogens with zero attached hydrogens (tertiary/aromatic N) is 4. The van der Waals surface area contributed by atoms with E-state index in [1.54, 1.807) is 0 Å². The molecule has 0 radical (unpaired) electrons. The molecular formula is C32H45N5O2SSi. The number of hydrogen-bond donors (Lipinski definition) is 1. The van der Waals surface area contributed by atoms with Crippen LogP contribution >= 0.6 is 0 Å². The molecule has 3 heterocycles. The molecule has 4 rings (SSSR count). The van der Waals surface area contributed by atoms with Crippen LogP contribution in [0.25, 0.3) is 28.0 Å². The fourth-order valence-electron chi connectivity index (χ4n) is 4.16. The predicted octanol–water partition coefficient (Wildman–Crippen LogP) is 7.90. The van der Waals surface area contributed by atoms with Crippen LogP contribution in [-0.2, 0) is 22.4 Å². The Morgan fingerprint density at radius 2 is 1.73 bits per heavy atom. The van der Waals surface area contributed by atoms with E-state index in [-0.39, 0.29) is 15.8 Å². The van der Waals surface area contributed by atoms with Crippen LogP contribution in [0.3, 0.4) is 0 Å². The van der Waals surface area contributed by atoms with Crippen LogP contribution < -0.4 is 4.72 Å². The van der Waals surface area contributed by atoms with Gasteiger partial charge in [0, 0.05) is 22.3 Å². The first kappa shape index (κ1) is 31.4. The van der Waals surface area contributed by atoms with Gasteiger partial charge in [-0.15, -0.1) is 4.72 Å². The zero-order valence-electron chi connectivity index (χ0n) is 26.0. The van der Waals surface area contributed by atoms with E-state index in [1.165, 1.54) is 0 Å². The lowest BCUT2D eigenvalue weighted by atomic mass is 10.1. The minimum Gasteiger partial charge on any atom is -0.598 e. The van der Waals surface area contributed by atoms with Gasteiger partial charge >= 0.3 is 0 Å². The van der Waals surface area contributed by atoms with E-state index < -0.39 is 19.7 Å². The molecule has 220 valence electrons. The molecule has 4 aromatic rings. The highest BCUT2D eigenvalue weighted by Crippen LogP contribution is 2.37. The summed E-state index contributed by atoms with van der Waals surface area (Å²) in [7, 11) is -1.89. The molecule has 0 saturated heterocycles. The third kappa shape index (κ3) is 7.45. The second-order valence-corrected chi connectivity index (χ2v) is 20.0. The van der Waals surface area contributed by atoms with Crippen LogP contribution in [0.15, 0.2) is 60.8 Å². The van der Waals surface area contributed by atoms with Crippen LogP contribution in [0.2, 0.25) is 18.1 Å². The standard InChI is InChI=1S/C32H45N5O2SSi/c1-10-13-28(36-40(38)31(2,3)4)27-16-12-15-26(35-27)23-18-19-24-21-33-37(29(24)20-23)30-17-11-14-25(34-30)22-39-41(8,9)32(5,6)7/h11-12,14-21,28,36H,10,13,22H2,1-9H3/t28-,40?/m1/s1. The third-order valence-electron chi connectivity index (χ3n) is 7.77. The minimum atomic E-state index is -1.89. The quantitative estimate of drug-likeness (QED) is 0.149. The summed E-state index contributed by atoms with van der Waals surface area (Å²) in [6.45, 7) is 19.8. The van der Waals surface area contributed by atoms with E-state index in [4.69, 9.17) is 14.4 Å². The van der Waals surface area contributed by atoms with Gasteiger partial charge in [-0.2, -0.15) is 5.10 Å². The maximum atomic E-state index is 12.9. The maximum Gasteiger partial charge on any atom is 0.192 e. The summed E-state index contributed by atoms with van der Waals surface area (Å²) < 4.78 is 24.1. The van der Waals surface area contributed by atoms with Gasteiger partial charge in [-0.1, -0.05) is 58.4 Å². The van der Waals surface area contributed by atoms with Crippen molar-refractivity contribution in [3.8, 4) is 17.1 Å². The summed E-state index contributed by atoms with van der Waals surface area (Å²) in [5.74, 6) is 0.757. The van der Waals surface area contributed by atoms with Gasteiger partial charge in [0.2, 0.25) is 0 Å². The number of hydrogen-bond acceptors (Lipinski definition) is 6. The minimum absolute atomic E-state index is 0.0882. The van der Waals surface area contributed by atoms with E-state index in [2.05, 4.69) is 68.8 Å². The van der Waals surface area contributed by atoms with Gasteiger partial charge in [0.1, 0.15) is 4.75 Å². The lowest BCUT2D eigenvalue weighted by Gasteiger charge is -2.36. The van der Waals surface area contributed by atoms with Crippen LogP contribution in [0.4, 0.5) is 0 Å². The molecule has 7 nitrogen and oxygen atoms in total. The smallest absolute Gasteiger partial charge is 0.192 e. The molecule has 0 saturated carbocycles. The van der Waals surface area contributed by atoms with Crippen molar-refractivity contribution in [2.45, 2.75) is 96.8 Å². The highest BCUT2D eigenvalue weighted by molar-refractivity contribution is 7.90. The summed E-state index contributed by atoms with van der Waals surface area (Å²) in [6, 6.07) is 18.2. The molecule has 0 bridgehead atoms. The van der Waals surface area contributed by atoms with Gasteiger partial charge in [0.15, 0.2) is 14.1 Å². The molecule has 0 fully saturated rings. The summed E-state index contributed by atoms with van der Waals surface area (Å²) in [6.07, 6.45) is 3.68. The molecule has 41 heavy (non-hydrogen) atoms. The van der Waals surface area contributed by atoms with E-state index in [0.29, 0.717) is 6.61 Å². The molecule has 3 aromatic heterocycles. The number of aromatic nitrogens is 4. The SMILES string of the molecule is CCC[C@@H](N[S+]([O-])C(C)(C)C)c1cccc(-c2ccc3cnn(-c4cccc(CO[Si](C)(C)C(C)(C)C)n4)c3c2)n1. The third-order valence-corrected chi connectivity index (χ3v) is 13.9. The van der Waals surface area contributed by atoms with Gasteiger partial charge < -0.3 is 8.98 Å². The van der Waals surface area contributed by atoms with Crippen molar-refractivity contribution in [2.24, 2.45) is 0 Å². The molecule has 9 heteroatoms. The maximum absolute atomic E-state index is 12.9. The monoisotopic (exact) mass is 591 g/mol. The lowest BCUT2D eigenvalue weighted by molar-refractivity contribution is 0.272. The summed E-state index contributed by atoms with van der Waals surface area (Å²) in [4.78, 5) is 9.92. The van der Waals surface area contributed by atoms with Gasteiger partial charge in [0.25, 0.3) is 0 Å². The van der Waals surface area contributed by atoms with Gasteiger partial charge in [-0.25, -0.2) is 9.67 Å². The molecule has 0 amide bonds. The van der Waals surface area contributed by atoms with Gasteiger partial charge in [0.05, 0.1) is 41.4 Å². The summed E-state index contributed by atoms with van der Waals surface area (Å²) in [5.41, 5.74) is 4.61. The number of fused-ring (bicyclic) bond motifs is 1. The first-order valence-corrected chi connectivity index (χ1v) is 18.5. The van der Waals surface area contributed by atoms with Crippen molar-refractivity contribution in [1.29, 1.82) is 0 Å². The van der Waals surface area contributed by atoms with Gasteiger partial charge in [-0.05, 0) is 75.7 Å². The Kier molecular flexibility index (Phi) is 9.45. The molecule has 0 aliphatic carbocycles. The molecule has 1 N–H and O–H groups in total. The Balaban J connectivity index is 1.63. The predicted molar refractivity (Wildman–Crippen MR) is 173 cm³/mol. The van der Waals surface area contributed by atoms with Crippen molar-refractivity contribution in [3.05, 3.63) is 72.2 Å². The van der Waals surface area contributed by atoms with Crippen LogP contribution in [0.5, 0.6) is 0 Å². The van der Waals surface area contributed by atoms with Crippen molar-refractivity contribution in [1.82, 2.24) is 24.5 Å². The number of benzene rings is 1. The largest absolute Gasteiger partial charge is 0.598 e. The second kappa shape index (κ2) is 12.4. The number of nitrogens with one attached hydrogen (secondary N) is 1. The Morgan fingerprint density at radius 1 is 1.00 bits per heavy atom. The van der Waals surface area contributed by atoms with E-state index in [0.717, 1.165) is 52.2 Å². The first-order valence-electron chi connectivity index (χ1n) is 14.4. The zero-order valence-corrected chi connectivity index (χ0v) is 27.8. The Morgan fingerprint density at radius 3 is 2.41 bits per heavy atom. The van der Waals surface area contributed by atoms with E-state index >= 15 is 0 Å². The highest BCUT2D eigenvalue weighted by Gasteiger charge is 2.37. The molecule has 2 atom stereocenters. The summed E-state index contributed by atoms with van der Waals surface area (Å²) in [5, 5.41) is 5.84. The number of pyridine rings is 2. The molecule has 1 aromatic carbocycles. The molecule has 0 aliphatic heterocycles. The lowest BCUT2D eigenvalue weighted by Crippen LogP contribution is -2.41. The normalized spacial score (nSPS) is 14.4. The second-order valence-electron chi connectivity index (χ2n) is 13.2. The van der Waals surface area contributed by atoms with Crippen molar-refractivity contribution < 1.29 is 8.98 Å².